The van der Waals surface area contributed by atoms with Gasteiger partial charge in [-0.3, -0.25) is 9.48 Å². The molecule has 130 valence electrons. The van der Waals surface area contributed by atoms with E-state index in [9.17, 15) is 14.9 Å². The maximum atomic E-state index is 12.2. The highest BCUT2D eigenvalue weighted by molar-refractivity contribution is 9.10. The minimum atomic E-state index is -0.585. The summed E-state index contributed by atoms with van der Waals surface area (Å²) in [5, 5.41) is 21.4. The third-order valence-corrected chi connectivity index (χ3v) is 4.12. The topological polar surface area (TPSA) is 121 Å². The monoisotopic (exact) mass is 408 g/mol. The summed E-state index contributed by atoms with van der Waals surface area (Å²) in [7, 11) is 1.78. The molecule has 0 aliphatic carbocycles. The number of carbonyl (C=O) groups excluding carboxylic acids is 1. The molecule has 0 spiro atoms. The molecular weight excluding hydrogens is 396 g/mol. The molecule has 11 heteroatoms. The first-order chi connectivity index (χ1) is 11.8. The van der Waals surface area contributed by atoms with Crippen LogP contribution in [-0.4, -0.2) is 30.4 Å². The van der Waals surface area contributed by atoms with Crippen LogP contribution in [0.1, 0.15) is 22.0 Å². The van der Waals surface area contributed by atoms with Crippen LogP contribution in [0.2, 0.25) is 0 Å². The van der Waals surface area contributed by atoms with Crippen molar-refractivity contribution < 1.29 is 14.1 Å². The second-order valence-corrected chi connectivity index (χ2v) is 6.10. The highest BCUT2D eigenvalue weighted by Crippen LogP contribution is 2.23. The van der Waals surface area contributed by atoms with Crippen molar-refractivity contribution in [3.05, 3.63) is 56.3 Å². The molecule has 1 N–H and O–H groups in total. The first kappa shape index (κ1) is 16.9. The zero-order valence-electron chi connectivity index (χ0n) is 13.3. The van der Waals surface area contributed by atoms with E-state index in [-0.39, 0.29) is 22.6 Å². The van der Waals surface area contributed by atoms with E-state index in [2.05, 4.69) is 31.4 Å². The molecule has 3 rings (SSSR count). The van der Waals surface area contributed by atoms with Crippen molar-refractivity contribution in [2.45, 2.75) is 13.5 Å². The lowest BCUT2D eigenvalue weighted by atomic mass is 10.3. The Balaban J connectivity index is 1.71. The lowest BCUT2D eigenvalue weighted by Gasteiger charge is -2.02. The molecule has 0 aromatic carbocycles. The fourth-order valence-electron chi connectivity index (χ4n) is 2.14. The third-order valence-electron chi connectivity index (χ3n) is 3.56. The van der Waals surface area contributed by atoms with Crippen molar-refractivity contribution in [1.29, 1.82) is 0 Å². The van der Waals surface area contributed by atoms with E-state index in [0.717, 1.165) is 5.69 Å². The summed E-state index contributed by atoms with van der Waals surface area (Å²) in [5.41, 5.74) is 1.41. The third kappa shape index (κ3) is 3.45. The maximum Gasteiger partial charge on any atom is 0.404 e. The molecule has 3 heterocycles. The zero-order chi connectivity index (χ0) is 18.1. The number of nitro groups is 1. The van der Waals surface area contributed by atoms with Crippen molar-refractivity contribution in [2.75, 3.05) is 5.32 Å². The lowest BCUT2D eigenvalue weighted by molar-refractivity contribution is -0.390. The van der Waals surface area contributed by atoms with Crippen LogP contribution in [0.3, 0.4) is 0 Å². The number of nitrogens with zero attached hydrogens (tertiary/aromatic N) is 5. The van der Waals surface area contributed by atoms with Crippen LogP contribution < -0.4 is 5.32 Å². The summed E-state index contributed by atoms with van der Waals surface area (Å²) in [5.74, 6) is -0.122. The van der Waals surface area contributed by atoms with Crippen molar-refractivity contribution in [2.24, 2.45) is 7.05 Å². The molecular formula is C14H13BrN6O4. The van der Waals surface area contributed by atoms with Crippen LogP contribution in [0.25, 0.3) is 0 Å². The van der Waals surface area contributed by atoms with E-state index in [4.69, 9.17) is 4.42 Å². The van der Waals surface area contributed by atoms with Gasteiger partial charge in [-0.1, -0.05) is 0 Å². The van der Waals surface area contributed by atoms with Crippen LogP contribution in [0.15, 0.2) is 33.4 Å². The van der Waals surface area contributed by atoms with Crippen LogP contribution in [0, 0.1) is 17.0 Å². The first-order valence-corrected chi connectivity index (χ1v) is 7.90. The summed E-state index contributed by atoms with van der Waals surface area (Å²) in [4.78, 5) is 22.4. The van der Waals surface area contributed by atoms with Gasteiger partial charge in [0.25, 0.3) is 5.91 Å². The minimum absolute atomic E-state index is 0.124. The van der Waals surface area contributed by atoms with Gasteiger partial charge in [0.05, 0.1) is 28.9 Å². The second kappa shape index (κ2) is 6.51. The number of halogens is 1. The zero-order valence-corrected chi connectivity index (χ0v) is 14.8. The van der Waals surface area contributed by atoms with Crippen LogP contribution >= 0.6 is 15.9 Å². The summed E-state index contributed by atoms with van der Waals surface area (Å²) in [6, 6.07) is 3.15. The van der Waals surface area contributed by atoms with Crippen LogP contribution in [-0.2, 0) is 13.6 Å². The number of furan rings is 1. The molecule has 0 bridgehead atoms. The van der Waals surface area contributed by atoms with Gasteiger partial charge in [0, 0.05) is 7.05 Å². The number of carbonyl (C=O) groups is 1. The molecule has 0 aliphatic heterocycles. The summed E-state index contributed by atoms with van der Waals surface area (Å²) < 4.78 is 8.76. The summed E-state index contributed by atoms with van der Waals surface area (Å²) >= 11 is 3.08. The number of hydrogen-bond acceptors (Lipinski definition) is 6. The Kier molecular flexibility index (Phi) is 4.40. The molecule has 3 aromatic rings. The van der Waals surface area contributed by atoms with E-state index in [0.29, 0.717) is 11.4 Å². The Labute approximate surface area is 149 Å². The van der Waals surface area contributed by atoms with Crippen molar-refractivity contribution in [3.8, 4) is 0 Å². The fourth-order valence-corrected chi connectivity index (χ4v) is 2.60. The standard InChI is InChI=1S/C14H13BrN6O4/c1-8-11(5-16-19(8)2)17-14(22)12-4-3-9(25-12)6-20-7-10(15)13(18-20)21(23)24/h3-5,7H,6H2,1-2H3,(H,17,22). The largest absolute Gasteiger partial charge is 0.454 e. The number of amides is 1. The van der Waals surface area contributed by atoms with Gasteiger partial charge in [0.1, 0.15) is 16.8 Å². The molecule has 0 atom stereocenters. The van der Waals surface area contributed by atoms with Crippen LogP contribution in [0.4, 0.5) is 11.5 Å². The Hall–Kier alpha value is -2.95. The van der Waals surface area contributed by atoms with E-state index in [1.807, 2.05) is 6.92 Å². The van der Waals surface area contributed by atoms with Crippen molar-refractivity contribution >= 4 is 33.3 Å². The Morgan fingerprint density at radius 3 is 2.84 bits per heavy atom. The fraction of sp³-hybridized carbons (Fsp3) is 0.214. The Morgan fingerprint density at radius 2 is 2.24 bits per heavy atom. The van der Waals surface area contributed by atoms with Gasteiger partial charge in [-0.25, -0.2) is 0 Å². The number of aryl methyl sites for hydroxylation is 1. The highest BCUT2D eigenvalue weighted by Gasteiger charge is 2.20. The molecule has 0 fully saturated rings. The predicted molar refractivity (Wildman–Crippen MR) is 90.3 cm³/mol. The van der Waals surface area contributed by atoms with Gasteiger partial charge in [-0.2, -0.15) is 9.78 Å². The molecule has 10 nitrogen and oxygen atoms in total. The summed E-state index contributed by atoms with van der Waals surface area (Å²) in [6.45, 7) is 1.99. The average Bonchev–Trinajstić information content (AvgIpc) is 3.24. The highest BCUT2D eigenvalue weighted by atomic mass is 79.9. The predicted octanol–water partition coefficient (Wildman–Crippen LogP) is 2.49. The number of aromatic nitrogens is 4. The maximum absolute atomic E-state index is 12.2. The number of rotatable bonds is 5. The normalized spacial score (nSPS) is 10.8. The Bertz CT molecular complexity index is 957. The van der Waals surface area contributed by atoms with E-state index >= 15 is 0 Å². The van der Waals surface area contributed by atoms with E-state index in [1.54, 1.807) is 24.0 Å². The number of hydrogen-bond donors (Lipinski definition) is 1. The van der Waals surface area contributed by atoms with Gasteiger partial charge < -0.3 is 19.8 Å². The van der Waals surface area contributed by atoms with E-state index < -0.39 is 10.8 Å². The molecule has 0 saturated carbocycles. The van der Waals surface area contributed by atoms with Gasteiger partial charge in [-0.05, 0) is 39.9 Å². The van der Waals surface area contributed by atoms with Gasteiger partial charge >= 0.3 is 5.82 Å². The van der Waals surface area contributed by atoms with Crippen molar-refractivity contribution in [1.82, 2.24) is 19.6 Å². The number of anilines is 1. The molecule has 25 heavy (non-hydrogen) atoms. The van der Waals surface area contributed by atoms with E-state index in [1.165, 1.54) is 16.9 Å². The minimum Gasteiger partial charge on any atom is -0.454 e. The number of nitrogens with one attached hydrogen (secondary N) is 1. The molecule has 0 unspecified atom stereocenters. The molecule has 0 radical (unpaired) electrons. The Morgan fingerprint density at radius 1 is 1.48 bits per heavy atom. The second-order valence-electron chi connectivity index (χ2n) is 5.24. The summed E-state index contributed by atoms with van der Waals surface area (Å²) in [6.07, 6.45) is 3.02. The SMILES string of the molecule is Cc1c(NC(=O)c2ccc(Cn3cc(Br)c([N+](=O)[O-])n3)o2)cnn1C. The molecule has 0 saturated heterocycles. The van der Waals surface area contributed by atoms with Crippen molar-refractivity contribution in [3.63, 3.8) is 0 Å². The van der Waals surface area contributed by atoms with Crippen LogP contribution in [0.5, 0.6) is 0 Å². The lowest BCUT2D eigenvalue weighted by Crippen LogP contribution is -2.11. The van der Waals surface area contributed by atoms with Gasteiger partial charge in [-0.15, -0.1) is 0 Å². The van der Waals surface area contributed by atoms with Gasteiger partial charge in [0.15, 0.2) is 5.76 Å². The first-order valence-electron chi connectivity index (χ1n) is 7.11. The molecule has 3 aromatic heterocycles. The molecule has 0 aliphatic rings. The average molecular weight is 409 g/mol. The smallest absolute Gasteiger partial charge is 0.404 e. The molecule has 1 amide bonds. The van der Waals surface area contributed by atoms with Gasteiger partial charge in [0.2, 0.25) is 0 Å². The quantitative estimate of drug-likeness (QED) is 0.511.